The monoisotopic (exact) mass is 302 g/mol. The van der Waals surface area contributed by atoms with Crippen LogP contribution >= 0.6 is 11.8 Å². The Bertz CT molecular complexity index is 472. The van der Waals surface area contributed by atoms with E-state index in [9.17, 15) is 8.42 Å². The summed E-state index contributed by atoms with van der Waals surface area (Å²) in [6.07, 6.45) is 0.975. The molecule has 3 N–H and O–H groups in total. The average Bonchev–Trinajstić information content (AvgIpc) is 2.38. The Balaban J connectivity index is 2.33. The van der Waals surface area contributed by atoms with E-state index in [2.05, 4.69) is 11.6 Å². The van der Waals surface area contributed by atoms with Gasteiger partial charge in [0.15, 0.2) is 0 Å². The van der Waals surface area contributed by atoms with Crippen molar-refractivity contribution in [2.45, 2.75) is 25.2 Å². The van der Waals surface area contributed by atoms with Crippen LogP contribution < -0.4 is 10.5 Å². The molecule has 4 nitrogen and oxygen atoms in total. The van der Waals surface area contributed by atoms with Crippen LogP contribution in [0.15, 0.2) is 29.2 Å². The number of benzene rings is 1. The number of sulfonamides is 1. The van der Waals surface area contributed by atoms with Gasteiger partial charge in [0, 0.05) is 22.9 Å². The van der Waals surface area contributed by atoms with Crippen LogP contribution in [0.3, 0.4) is 0 Å². The molecule has 1 aromatic carbocycles. The number of thioether (sulfide) groups is 1. The lowest BCUT2D eigenvalue weighted by molar-refractivity contribution is 0.529. The highest BCUT2D eigenvalue weighted by Crippen LogP contribution is 2.19. The Kier molecular flexibility index (Phi) is 6.68. The van der Waals surface area contributed by atoms with Crippen LogP contribution in [0.2, 0.25) is 0 Å². The number of nitrogen functional groups attached to an aromatic ring is 1. The maximum absolute atomic E-state index is 11.8. The fourth-order valence-electron chi connectivity index (χ4n) is 1.32. The zero-order valence-corrected chi connectivity index (χ0v) is 13.1. The first-order valence-electron chi connectivity index (χ1n) is 6.38. The van der Waals surface area contributed by atoms with Gasteiger partial charge in [-0.1, -0.05) is 20.3 Å². The standard InChI is InChI=1S/C13H22N2O2S2/c1-3-11(2)10-15-19(16,17)9-8-18-13-6-4-12(14)5-7-13/h4-7,11,15H,3,8-10,14H2,1-2H3. The molecule has 0 aliphatic carbocycles. The molecule has 19 heavy (non-hydrogen) atoms. The molecule has 108 valence electrons. The van der Waals surface area contributed by atoms with Crippen molar-refractivity contribution in [2.75, 3.05) is 23.8 Å². The number of nitrogens with one attached hydrogen (secondary N) is 1. The van der Waals surface area contributed by atoms with E-state index in [1.807, 2.05) is 31.2 Å². The highest BCUT2D eigenvalue weighted by Gasteiger charge is 2.11. The molecule has 1 atom stereocenters. The molecule has 0 aromatic heterocycles. The summed E-state index contributed by atoms with van der Waals surface area (Å²) < 4.78 is 26.1. The SMILES string of the molecule is CCC(C)CNS(=O)(=O)CCSc1ccc(N)cc1. The largest absolute Gasteiger partial charge is 0.399 e. The fraction of sp³-hybridized carbons (Fsp3) is 0.538. The van der Waals surface area contributed by atoms with E-state index < -0.39 is 10.0 Å². The molecular weight excluding hydrogens is 280 g/mol. The molecule has 0 heterocycles. The molecule has 1 aromatic rings. The molecule has 0 radical (unpaired) electrons. The first-order chi connectivity index (χ1) is 8.93. The van der Waals surface area contributed by atoms with Crippen molar-refractivity contribution in [3.8, 4) is 0 Å². The Morgan fingerprint density at radius 3 is 2.53 bits per heavy atom. The summed E-state index contributed by atoms with van der Waals surface area (Å²) in [5.74, 6) is 1.05. The third-order valence-corrected chi connectivity index (χ3v) is 5.47. The van der Waals surface area contributed by atoms with E-state index in [-0.39, 0.29) is 5.75 Å². The number of anilines is 1. The van der Waals surface area contributed by atoms with Crippen LogP contribution in [0, 0.1) is 5.92 Å². The molecule has 0 aliphatic rings. The van der Waals surface area contributed by atoms with E-state index in [0.29, 0.717) is 23.9 Å². The first kappa shape index (κ1) is 16.3. The minimum atomic E-state index is -3.16. The smallest absolute Gasteiger partial charge is 0.212 e. The van der Waals surface area contributed by atoms with E-state index in [4.69, 9.17) is 5.73 Å². The maximum atomic E-state index is 11.8. The van der Waals surface area contributed by atoms with Crippen LogP contribution in [-0.2, 0) is 10.0 Å². The molecule has 0 saturated heterocycles. The van der Waals surface area contributed by atoms with Gasteiger partial charge in [-0.2, -0.15) is 0 Å². The van der Waals surface area contributed by atoms with Crippen molar-refractivity contribution < 1.29 is 8.42 Å². The zero-order chi connectivity index (χ0) is 14.3. The predicted octanol–water partition coefficient (Wildman–Crippen LogP) is 2.33. The molecule has 6 heteroatoms. The van der Waals surface area contributed by atoms with Crippen molar-refractivity contribution in [1.29, 1.82) is 0 Å². The maximum Gasteiger partial charge on any atom is 0.212 e. The van der Waals surface area contributed by atoms with Crippen LogP contribution in [0.5, 0.6) is 0 Å². The lowest BCUT2D eigenvalue weighted by atomic mass is 10.1. The summed E-state index contributed by atoms with van der Waals surface area (Å²) in [4.78, 5) is 1.03. The van der Waals surface area contributed by atoms with Crippen LogP contribution in [0.25, 0.3) is 0 Å². The van der Waals surface area contributed by atoms with E-state index in [1.165, 1.54) is 11.8 Å². The molecule has 0 fully saturated rings. The normalized spacial score (nSPS) is 13.4. The van der Waals surface area contributed by atoms with Crippen molar-refractivity contribution in [3.63, 3.8) is 0 Å². The lowest BCUT2D eigenvalue weighted by Gasteiger charge is -2.10. The molecule has 1 unspecified atom stereocenters. The Morgan fingerprint density at radius 1 is 1.32 bits per heavy atom. The molecule has 1 rings (SSSR count). The second-order valence-corrected chi connectivity index (χ2v) is 7.69. The zero-order valence-electron chi connectivity index (χ0n) is 11.4. The van der Waals surface area contributed by atoms with Gasteiger partial charge < -0.3 is 5.73 Å². The van der Waals surface area contributed by atoms with Gasteiger partial charge in [0.25, 0.3) is 0 Å². The lowest BCUT2D eigenvalue weighted by Crippen LogP contribution is -2.31. The van der Waals surface area contributed by atoms with Gasteiger partial charge in [0.2, 0.25) is 10.0 Å². The minimum Gasteiger partial charge on any atom is -0.399 e. The minimum absolute atomic E-state index is 0.137. The van der Waals surface area contributed by atoms with Crippen LogP contribution in [0.4, 0.5) is 5.69 Å². The quantitative estimate of drug-likeness (QED) is 0.571. The Morgan fingerprint density at radius 2 is 1.95 bits per heavy atom. The fourth-order valence-corrected chi connectivity index (χ4v) is 3.78. The highest BCUT2D eigenvalue weighted by molar-refractivity contribution is 8.00. The average molecular weight is 302 g/mol. The molecule has 0 spiro atoms. The van der Waals surface area contributed by atoms with Crippen LogP contribution in [0.1, 0.15) is 20.3 Å². The first-order valence-corrected chi connectivity index (χ1v) is 9.02. The second kappa shape index (κ2) is 7.77. The summed E-state index contributed by atoms with van der Waals surface area (Å²) in [7, 11) is -3.16. The van der Waals surface area contributed by atoms with Crippen molar-refractivity contribution in [3.05, 3.63) is 24.3 Å². The Hall–Kier alpha value is -0.720. The van der Waals surface area contributed by atoms with E-state index >= 15 is 0 Å². The van der Waals surface area contributed by atoms with Crippen molar-refractivity contribution in [2.24, 2.45) is 5.92 Å². The summed E-state index contributed by atoms with van der Waals surface area (Å²) in [6.45, 7) is 4.60. The molecule has 0 bridgehead atoms. The molecule has 0 aliphatic heterocycles. The Labute approximate surface area is 120 Å². The van der Waals surface area contributed by atoms with E-state index in [0.717, 1.165) is 11.3 Å². The molecule has 0 saturated carbocycles. The van der Waals surface area contributed by atoms with Crippen LogP contribution in [-0.4, -0.2) is 26.5 Å². The van der Waals surface area contributed by atoms with Gasteiger partial charge in [-0.05, 0) is 30.2 Å². The summed E-state index contributed by atoms with van der Waals surface area (Å²) in [5, 5.41) is 0. The third kappa shape index (κ3) is 6.84. The molecule has 0 amide bonds. The molecular formula is C13H22N2O2S2. The van der Waals surface area contributed by atoms with Gasteiger partial charge in [0.05, 0.1) is 5.75 Å². The number of rotatable bonds is 8. The van der Waals surface area contributed by atoms with Gasteiger partial charge in [-0.3, -0.25) is 0 Å². The van der Waals surface area contributed by atoms with Crippen molar-refractivity contribution in [1.82, 2.24) is 4.72 Å². The van der Waals surface area contributed by atoms with Gasteiger partial charge in [-0.15, -0.1) is 11.8 Å². The van der Waals surface area contributed by atoms with Gasteiger partial charge in [-0.25, -0.2) is 13.1 Å². The topological polar surface area (TPSA) is 72.2 Å². The summed E-state index contributed by atoms with van der Waals surface area (Å²) in [5.41, 5.74) is 6.31. The van der Waals surface area contributed by atoms with E-state index in [1.54, 1.807) is 0 Å². The summed E-state index contributed by atoms with van der Waals surface area (Å²) >= 11 is 1.52. The second-order valence-electron chi connectivity index (χ2n) is 4.60. The highest BCUT2D eigenvalue weighted by atomic mass is 32.2. The van der Waals surface area contributed by atoms with Gasteiger partial charge >= 0.3 is 0 Å². The number of nitrogens with two attached hydrogens (primary N) is 1. The van der Waals surface area contributed by atoms with Gasteiger partial charge in [0.1, 0.15) is 0 Å². The predicted molar refractivity (Wildman–Crippen MR) is 82.8 cm³/mol. The summed E-state index contributed by atoms with van der Waals surface area (Å²) in [6, 6.07) is 7.44. The number of hydrogen-bond acceptors (Lipinski definition) is 4. The van der Waals surface area contributed by atoms with Crippen molar-refractivity contribution >= 4 is 27.5 Å². The third-order valence-electron chi connectivity index (χ3n) is 2.85. The number of hydrogen-bond donors (Lipinski definition) is 2.